The number of nitrogens with zero attached hydrogens (tertiary/aromatic N) is 2. The number of anilines is 1. The summed E-state index contributed by atoms with van der Waals surface area (Å²) in [6.45, 7) is 12.7. The molecule has 116 valence electrons. The van der Waals surface area contributed by atoms with Crippen LogP contribution in [0.4, 0.5) is 6.01 Å². The van der Waals surface area contributed by atoms with Crippen LogP contribution in [0.1, 0.15) is 46.9 Å². The zero-order valence-corrected chi connectivity index (χ0v) is 13.5. The van der Waals surface area contributed by atoms with Gasteiger partial charge in [-0.1, -0.05) is 18.9 Å². The van der Waals surface area contributed by atoms with Crippen LogP contribution in [-0.2, 0) is 11.3 Å². The van der Waals surface area contributed by atoms with Crippen LogP contribution in [0.3, 0.4) is 0 Å². The summed E-state index contributed by atoms with van der Waals surface area (Å²) >= 11 is 0. The van der Waals surface area contributed by atoms with Gasteiger partial charge in [-0.05, 0) is 32.6 Å². The van der Waals surface area contributed by atoms with E-state index < -0.39 is 0 Å². The fourth-order valence-electron chi connectivity index (χ4n) is 1.52. The van der Waals surface area contributed by atoms with Gasteiger partial charge in [0.2, 0.25) is 5.89 Å². The molecular weight excluding hydrogens is 256 g/mol. The molecule has 0 bridgehead atoms. The first kappa shape index (κ1) is 16.9. The van der Waals surface area contributed by atoms with Gasteiger partial charge in [0, 0.05) is 25.8 Å². The van der Waals surface area contributed by atoms with Crippen LogP contribution in [-0.4, -0.2) is 36.0 Å². The summed E-state index contributed by atoms with van der Waals surface area (Å²) in [4.78, 5) is 0. The zero-order valence-electron chi connectivity index (χ0n) is 13.5. The van der Waals surface area contributed by atoms with Gasteiger partial charge in [0.1, 0.15) is 0 Å². The van der Waals surface area contributed by atoms with Crippen molar-refractivity contribution in [2.24, 2.45) is 5.41 Å². The van der Waals surface area contributed by atoms with Crippen LogP contribution in [0.2, 0.25) is 0 Å². The van der Waals surface area contributed by atoms with Gasteiger partial charge in [-0.3, -0.25) is 0 Å². The molecule has 1 heterocycles. The molecule has 0 atom stereocenters. The Bertz CT molecular complexity index is 396. The van der Waals surface area contributed by atoms with Crippen LogP contribution >= 0.6 is 0 Å². The quantitative estimate of drug-likeness (QED) is 0.764. The SMILES string of the molecule is COCCC(C)(C)CNc1nnc(CNC(C)(C)C)o1. The predicted octanol–water partition coefficient (Wildman–Crippen LogP) is 2.43. The molecule has 0 radical (unpaired) electrons. The first-order valence-electron chi connectivity index (χ1n) is 7.02. The van der Waals surface area contributed by atoms with Gasteiger partial charge in [0.05, 0.1) is 6.54 Å². The predicted molar refractivity (Wildman–Crippen MR) is 79.7 cm³/mol. The molecule has 0 aliphatic carbocycles. The van der Waals surface area contributed by atoms with E-state index in [9.17, 15) is 0 Å². The largest absolute Gasteiger partial charge is 0.407 e. The molecule has 0 aliphatic rings. The van der Waals surface area contributed by atoms with Gasteiger partial charge < -0.3 is 19.8 Å². The molecule has 1 aromatic heterocycles. The highest BCUT2D eigenvalue weighted by molar-refractivity contribution is 5.17. The van der Waals surface area contributed by atoms with Crippen molar-refractivity contribution in [3.8, 4) is 0 Å². The molecule has 0 fully saturated rings. The lowest BCUT2D eigenvalue weighted by atomic mass is 9.90. The third kappa shape index (κ3) is 6.86. The molecule has 2 N–H and O–H groups in total. The van der Waals surface area contributed by atoms with Crippen molar-refractivity contribution in [3.05, 3.63) is 5.89 Å². The van der Waals surface area contributed by atoms with Crippen molar-refractivity contribution < 1.29 is 9.15 Å². The average Bonchev–Trinajstić information content (AvgIpc) is 2.79. The molecular formula is C14H28N4O2. The van der Waals surface area contributed by atoms with E-state index in [0.29, 0.717) is 18.5 Å². The van der Waals surface area contributed by atoms with Gasteiger partial charge in [-0.15, -0.1) is 5.10 Å². The second-order valence-corrected chi connectivity index (χ2v) is 6.87. The van der Waals surface area contributed by atoms with Crippen molar-refractivity contribution in [3.63, 3.8) is 0 Å². The summed E-state index contributed by atoms with van der Waals surface area (Å²) in [5.41, 5.74) is 0.151. The minimum Gasteiger partial charge on any atom is -0.407 e. The molecule has 6 heteroatoms. The summed E-state index contributed by atoms with van der Waals surface area (Å²) in [5.74, 6) is 0.595. The van der Waals surface area contributed by atoms with Gasteiger partial charge in [-0.2, -0.15) is 0 Å². The van der Waals surface area contributed by atoms with Gasteiger partial charge in [0.25, 0.3) is 0 Å². The molecule has 0 aliphatic heterocycles. The number of hydrogen-bond donors (Lipinski definition) is 2. The van der Waals surface area contributed by atoms with E-state index in [-0.39, 0.29) is 11.0 Å². The Morgan fingerprint density at radius 1 is 1.15 bits per heavy atom. The van der Waals surface area contributed by atoms with Crippen LogP contribution in [0.15, 0.2) is 4.42 Å². The lowest BCUT2D eigenvalue weighted by Gasteiger charge is -2.23. The first-order chi connectivity index (χ1) is 9.22. The van der Waals surface area contributed by atoms with Gasteiger partial charge in [0.15, 0.2) is 0 Å². The minimum absolute atomic E-state index is 0.0319. The van der Waals surface area contributed by atoms with E-state index in [4.69, 9.17) is 9.15 Å². The zero-order chi connectivity index (χ0) is 15.2. The Kier molecular flexibility index (Phi) is 5.95. The lowest BCUT2D eigenvalue weighted by Crippen LogP contribution is -2.35. The van der Waals surface area contributed by atoms with E-state index in [2.05, 4.69) is 55.4 Å². The van der Waals surface area contributed by atoms with Crippen LogP contribution in [0.5, 0.6) is 0 Å². The maximum atomic E-state index is 5.55. The highest BCUT2D eigenvalue weighted by atomic mass is 16.5. The Balaban J connectivity index is 2.40. The summed E-state index contributed by atoms with van der Waals surface area (Å²) in [7, 11) is 1.72. The number of aromatic nitrogens is 2. The van der Waals surface area contributed by atoms with Crippen molar-refractivity contribution in [2.45, 2.75) is 53.1 Å². The topological polar surface area (TPSA) is 72.2 Å². The van der Waals surface area contributed by atoms with E-state index in [1.807, 2.05) is 0 Å². The molecule has 1 rings (SSSR count). The maximum absolute atomic E-state index is 5.55. The number of ether oxygens (including phenoxy) is 1. The molecule has 0 saturated carbocycles. The second kappa shape index (κ2) is 7.04. The molecule has 0 amide bonds. The Morgan fingerprint density at radius 3 is 2.45 bits per heavy atom. The summed E-state index contributed by atoms with van der Waals surface area (Å²) in [5, 5.41) is 14.5. The second-order valence-electron chi connectivity index (χ2n) is 6.87. The normalized spacial score (nSPS) is 12.7. The van der Waals surface area contributed by atoms with E-state index >= 15 is 0 Å². The lowest BCUT2D eigenvalue weighted by molar-refractivity contribution is 0.156. The van der Waals surface area contributed by atoms with Crippen LogP contribution in [0, 0.1) is 5.41 Å². The molecule has 0 spiro atoms. The Hall–Kier alpha value is -1.14. The monoisotopic (exact) mass is 284 g/mol. The van der Waals surface area contributed by atoms with Crippen molar-refractivity contribution in [1.29, 1.82) is 0 Å². The number of rotatable bonds is 8. The smallest absolute Gasteiger partial charge is 0.315 e. The van der Waals surface area contributed by atoms with Crippen molar-refractivity contribution >= 4 is 6.01 Å². The summed E-state index contributed by atoms with van der Waals surface area (Å²) in [6, 6.07) is 0.473. The summed E-state index contributed by atoms with van der Waals surface area (Å²) < 4.78 is 10.7. The van der Waals surface area contributed by atoms with E-state index in [1.54, 1.807) is 7.11 Å². The van der Waals surface area contributed by atoms with Gasteiger partial charge in [-0.25, -0.2) is 0 Å². The van der Waals surface area contributed by atoms with Crippen molar-refractivity contribution in [1.82, 2.24) is 15.5 Å². The highest BCUT2D eigenvalue weighted by Gasteiger charge is 2.19. The molecule has 0 saturated heterocycles. The Labute approximate surface area is 121 Å². The fraction of sp³-hybridized carbons (Fsp3) is 0.857. The first-order valence-corrected chi connectivity index (χ1v) is 7.02. The molecule has 1 aromatic rings. The highest BCUT2D eigenvalue weighted by Crippen LogP contribution is 2.21. The Morgan fingerprint density at radius 2 is 1.85 bits per heavy atom. The minimum atomic E-state index is 0.0319. The van der Waals surface area contributed by atoms with E-state index in [0.717, 1.165) is 19.6 Å². The van der Waals surface area contributed by atoms with Crippen molar-refractivity contribution in [2.75, 3.05) is 25.6 Å². The molecule has 20 heavy (non-hydrogen) atoms. The third-order valence-corrected chi connectivity index (χ3v) is 2.94. The standard InChI is InChI=1S/C14H28N4O2/c1-13(2,3)16-9-11-17-18-12(20-11)15-10-14(4,5)7-8-19-6/h16H,7-10H2,1-6H3,(H,15,18). The van der Waals surface area contributed by atoms with Crippen LogP contribution in [0.25, 0.3) is 0 Å². The van der Waals surface area contributed by atoms with E-state index in [1.165, 1.54) is 0 Å². The number of methoxy groups -OCH3 is 1. The average molecular weight is 284 g/mol. The third-order valence-electron chi connectivity index (χ3n) is 2.94. The molecule has 0 aromatic carbocycles. The fourth-order valence-corrected chi connectivity index (χ4v) is 1.52. The number of nitrogens with one attached hydrogen (secondary N) is 2. The molecule has 0 unspecified atom stereocenters. The molecule has 6 nitrogen and oxygen atoms in total. The summed E-state index contributed by atoms with van der Waals surface area (Å²) in [6.07, 6.45) is 0.975. The van der Waals surface area contributed by atoms with Gasteiger partial charge >= 0.3 is 6.01 Å². The maximum Gasteiger partial charge on any atom is 0.315 e. The van der Waals surface area contributed by atoms with Crippen LogP contribution < -0.4 is 10.6 Å². The number of hydrogen-bond acceptors (Lipinski definition) is 6.